The van der Waals surface area contributed by atoms with E-state index in [2.05, 4.69) is 0 Å². The van der Waals surface area contributed by atoms with Crippen LogP contribution in [0.5, 0.6) is 0 Å². The Labute approximate surface area is 95.4 Å². The van der Waals surface area contributed by atoms with Crippen molar-refractivity contribution in [3.8, 4) is 0 Å². The minimum Gasteiger partial charge on any atom is -0.322 e. The first-order valence-electron chi connectivity index (χ1n) is 5.08. The van der Waals surface area contributed by atoms with Crippen molar-refractivity contribution in [2.24, 2.45) is 5.73 Å². The zero-order chi connectivity index (χ0) is 11.4. The minimum absolute atomic E-state index is 0.0826. The average molecular weight is 226 g/mol. The Hall–Kier alpha value is -0.860. The normalized spacial score (nSPS) is 12.5. The number of carbonyl (C=O) groups excluding carboxylic acids is 1. The SMILES string of the molecule is CCC(N)C(=O)Cc1ccc(Cl)c(C)c1. The summed E-state index contributed by atoms with van der Waals surface area (Å²) in [6, 6.07) is 5.27. The van der Waals surface area contributed by atoms with E-state index in [4.69, 9.17) is 17.3 Å². The maximum absolute atomic E-state index is 11.6. The second-order valence-corrected chi connectivity index (χ2v) is 4.15. The summed E-state index contributed by atoms with van der Waals surface area (Å²) >= 11 is 5.90. The van der Waals surface area contributed by atoms with Crippen LogP contribution in [0, 0.1) is 6.92 Å². The topological polar surface area (TPSA) is 43.1 Å². The highest BCUT2D eigenvalue weighted by molar-refractivity contribution is 6.31. The summed E-state index contributed by atoms with van der Waals surface area (Å²) in [6.45, 7) is 3.84. The summed E-state index contributed by atoms with van der Waals surface area (Å²) in [7, 11) is 0. The standard InChI is InChI=1S/C12H16ClNO/c1-3-11(14)12(15)7-9-4-5-10(13)8(2)6-9/h4-6,11H,3,7,14H2,1-2H3. The molecule has 0 spiro atoms. The summed E-state index contributed by atoms with van der Waals surface area (Å²) in [5.74, 6) is 0.0826. The van der Waals surface area contributed by atoms with E-state index in [0.717, 1.165) is 16.1 Å². The van der Waals surface area contributed by atoms with Crippen molar-refractivity contribution in [2.45, 2.75) is 32.7 Å². The predicted molar refractivity (Wildman–Crippen MR) is 63.2 cm³/mol. The van der Waals surface area contributed by atoms with Gasteiger partial charge in [-0.2, -0.15) is 0 Å². The number of hydrogen-bond acceptors (Lipinski definition) is 2. The Morgan fingerprint density at radius 1 is 1.53 bits per heavy atom. The predicted octanol–water partition coefficient (Wildman–Crippen LogP) is 2.50. The first-order chi connectivity index (χ1) is 7.04. The van der Waals surface area contributed by atoms with Crippen LogP contribution in [0.4, 0.5) is 0 Å². The van der Waals surface area contributed by atoms with Crippen molar-refractivity contribution >= 4 is 17.4 Å². The highest BCUT2D eigenvalue weighted by Gasteiger charge is 2.11. The first-order valence-corrected chi connectivity index (χ1v) is 5.45. The largest absolute Gasteiger partial charge is 0.322 e. The van der Waals surface area contributed by atoms with Gasteiger partial charge in [-0.3, -0.25) is 4.79 Å². The molecule has 2 N–H and O–H groups in total. The molecule has 0 amide bonds. The minimum atomic E-state index is -0.346. The van der Waals surface area contributed by atoms with Crippen LogP contribution in [0.2, 0.25) is 5.02 Å². The van der Waals surface area contributed by atoms with Gasteiger partial charge in [0.25, 0.3) is 0 Å². The van der Waals surface area contributed by atoms with Gasteiger partial charge in [0.05, 0.1) is 6.04 Å². The Morgan fingerprint density at radius 2 is 2.20 bits per heavy atom. The molecule has 1 aromatic carbocycles. The number of aryl methyl sites for hydroxylation is 1. The van der Waals surface area contributed by atoms with E-state index in [1.54, 1.807) is 0 Å². The van der Waals surface area contributed by atoms with E-state index in [0.29, 0.717) is 12.8 Å². The smallest absolute Gasteiger partial charge is 0.153 e. The molecule has 0 heterocycles. The monoisotopic (exact) mass is 225 g/mol. The second kappa shape index (κ2) is 5.29. The van der Waals surface area contributed by atoms with Crippen LogP contribution in [0.25, 0.3) is 0 Å². The van der Waals surface area contributed by atoms with E-state index in [1.165, 1.54) is 0 Å². The third-order valence-electron chi connectivity index (χ3n) is 2.45. The number of halogens is 1. The maximum Gasteiger partial charge on any atom is 0.153 e. The van der Waals surface area contributed by atoms with Gasteiger partial charge >= 0.3 is 0 Å². The molecule has 2 nitrogen and oxygen atoms in total. The van der Waals surface area contributed by atoms with Gasteiger partial charge < -0.3 is 5.73 Å². The zero-order valence-electron chi connectivity index (χ0n) is 9.09. The number of benzene rings is 1. The maximum atomic E-state index is 11.6. The molecule has 0 fully saturated rings. The van der Waals surface area contributed by atoms with Crippen molar-refractivity contribution in [2.75, 3.05) is 0 Å². The van der Waals surface area contributed by atoms with E-state index in [9.17, 15) is 4.79 Å². The lowest BCUT2D eigenvalue weighted by Gasteiger charge is -2.08. The van der Waals surface area contributed by atoms with Crippen molar-refractivity contribution in [1.82, 2.24) is 0 Å². The molecule has 0 saturated heterocycles. The second-order valence-electron chi connectivity index (χ2n) is 3.74. The van der Waals surface area contributed by atoms with Gasteiger partial charge in [-0.15, -0.1) is 0 Å². The van der Waals surface area contributed by atoms with Crippen molar-refractivity contribution < 1.29 is 4.79 Å². The fourth-order valence-electron chi connectivity index (χ4n) is 1.38. The van der Waals surface area contributed by atoms with Gasteiger partial charge in [0.1, 0.15) is 0 Å². The first kappa shape index (κ1) is 12.2. The summed E-state index contributed by atoms with van der Waals surface area (Å²) in [5.41, 5.74) is 7.63. The summed E-state index contributed by atoms with van der Waals surface area (Å²) in [5, 5.41) is 0.728. The molecule has 0 bridgehead atoms. The number of nitrogens with two attached hydrogens (primary N) is 1. The Bertz CT molecular complexity index is 363. The van der Waals surface area contributed by atoms with E-state index < -0.39 is 0 Å². The van der Waals surface area contributed by atoms with Gasteiger partial charge in [-0.05, 0) is 30.5 Å². The highest BCUT2D eigenvalue weighted by Crippen LogP contribution is 2.16. The molecule has 1 atom stereocenters. The average Bonchev–Trinajstić information content (AvgIpc) is 2.22. The number of ketones is 1. The van der Waals surface area contributed by atoms with Crippen LogP contribution in [0.15, 0.2) is 18.2 Å². The van der Waals surface area contributed by atoms with Crippen LogP contribution >= 0.6 is 11.6 Å². The van der Waals surface area contributed by atoms with Crippen molar-refractivity contribution in [3.05, 3.63) is 34.3 Å². The highest BCUT2D eigenvalue weighted by atomic mass is 35.5. The third kappa shape index (κ3) is 3.33. The van der Waals surface area contributed by atoms with Gasteiger partial charge in [0.2, 0.25) is 0 Å². The van der Waals surface area contributed by atoms with Crippen LogP contribution in [0.1, 0.15) is 24.5 Å². The lowest BCUT2D eigenvalue weighted by molar-refractivity contribution is -0.119. The molecular formula is C12H16ClNO. The molecule has 0 aromatic heterocycles. The zero-order valence-corrected chi connectivity index (χ0v) is 9.84. The van der Waals surface area contributed by atoms with Gasteiger partial charge in [0.15, 0.2) is 5.78 Å². The molecule has 0 aliphatic carbocycles. The molecule has 82 valence electrons. The molecule has 1 unspecified atom stereocenters. The number of hydrogen-bond donors (Lipinski definition) is 1. The van der Waals surface area contributed by atoms with Crippen molar-refractivity contribution in [3.63, 3.8) is 0 Å². The quantitative estimate of drug-likeness (QED) is 0.856. The molecule has 3 heteroatoms. The Balaban J connectivity index is 2.73. The summed E-state index contributed by atoms with van der Waals surface area (Å²) in [6.07, 6.45) is 1.08. The lowest BCUT2D eigenvalue weighted by Crippen LogP contribution is -2.30. The van der Waals surface area contributed by atoms with Crippen LogP contribution in [-0.4, -0.2) is 11.8 Å². The molecular weight excluding hydrogens is 210 g/mol. The molecule has 0 aliphatic rings. The molecule has 15 heavy (non-hydrogen) atoms. The number of carbonyl (C=O) groups is 1. The lowest BCUT2D eigenvalue weighted by atomic mass is 10.0. The van der Waals surface area contributed by atoms with E-state index in [1.807, 2.05) is 32.0 Å². The van der Waals surface area contributed by atoms with Crippen molar-refractivity contribution in [1.29, 1.82) is 0 Å². The number of rotatable bonds is 4. The third-order valence-corrected chi connectivity index (χ3v) is 2.88. The van der Waals surface area contributed by atoms with Crippen LogP contribution in [-0.2, 0) is 11.2 Å². The fourth-order valence-corrected chi connectivity index (χ4v) is 1.49. The molecule has 1 aromatic rings. The summed E-state index contributed by atoms with van der Waals surface area (Å²) in [4.78, 5) is 11.6. The number of Topliss-reactive ketones (excluding diaryl/α,β-unsaturated/α-hetero) is 1. The van der Waals surface area contributed by atoms with Gasteiger partial charge in [0, 0.05) is 11.4 Å². The van der Waals surface area contributed by atoms with Gasteiger partial charge in [-0.25, -0.2) is 0 Å². The molecule has 0 saturated carbocycles. The van der Waals surface area contributed by atoms with Gasteiger partial charge in [-0.1, -0.05) is 30.7 Å². The van der Waals surface area contributed by atoms with E-state index >= 15 is 0 Å². The molecule has 0 aliphatic heterocycles. The Morgan fingerprint density at radius 3 is 2.73 bits per heavy atom. The van der Waals surface area contributed by atoms with Crippen LogP contribution < -0.4 is 5.73 Å². The van der Waals surface area contributed by atoms with Crippen LogP contribution in [0.3, 0.4) is 0 Å². The summed E-state index contributed by atoms with van der Waals surface area (Å²) < 4.78 is 0. The van der Waals surface area contributed by atoms with E-state index in [-0.39, 0.29) is 11.8 Å². The molecule has 1 rings (SSSR count). The fraction of sp³-hybridized carbons (Fsp3) is 0.417. The molecule has 0 radical (unpaired) electrons. The Kier molecular flexibility index (Phi) is 4.30.